The standard InChI is InChI=1S/C21H45N5/c1-18(2)14-20-16-23-7-6-22-8-9-24(5)10-11-25-12-13-26(20)17-21(25)15-19(3)4/h18-23H,6-17H2,1-5H3/t20-,21-/m0/s1. The summed E-state index contributed by atoms with van der Waals surface area (Å²) in [7, 11) is 2.27. The van der Waals surface area contributed by atoms with Crippen LogP contribution in [0.1, 0.15) is 40.5 Å². The molecule has 3 heterocycles. The largest absolute Gasteiger partial charge is 0.314 e. The van der Waals surface area contributed by atoms with Crippen LogP contribution in [0.15, 0.2) is 0 Å². The highest BCUT2D eigenvalue weighted by atomic mass is 15.3. The fourth-order valence-electron chi connectivity index (χ4n) is 4.47. The molecule has 0 radical (unpaired) electrons. The molecule has 154 valence electrons. The maximum absolute atomic E-state index is 3.73. The van der Waals surface area contributed by atoms with E-state index in [0.29, 0.717) is 6.04 Å². The summed E-state index contributed by atoms with van der Waals surface area (Å²) >= 11 is 0. The fraction of sp³-hybridized carbons (Fsp3) is 1.00. The van der Waals surface area contributed by atoms with Crippen molar-refractivity contribution in [1.82, 2.24) is 25.3 Å². The van der Waals surface area contributed by atoms with Gasteiger partial charge in [-0.2, -0.15) is 0 Å². The van der Waals surface area contributed by atoms with Crippen LogP contribution in [-0.4, -0.2) is 99.3 Å². The highest BCUT2D eigenvalue weighted by Gasteiger charge is 2.31. The quantitative estimate of drug-likeness (QED) is 0.737. The smallest absolute Gasteiger partial charge is 0.0226 e. The Morgan fingerprint density at radius 3 is 2.08 bits per heavy atom. The third kappa shape index (κ3) is 7.81. The summed E-state index contributed by atoms with van der Waals surface area (Å²) in [4.78, 5) is 8.06. The van der Waals surface area contributed by atoms with Crippen molar-refractivity contribution < 1.29 is 0 Å². The zero-order valence-electron chi connectivity index (χ0n) is 18.1. The van der Waals surface area contributed by atoms with Crippen LogP contribution < -0.4 is 10.6 Å². The Labute approximate surface area is 162 Å². The Balaban J connectivity index is 2.07. The predicted octanol–water partition coefficient (Wildman–Crippen LogP) is 1.56. The highest BCUT2D eigenvalue weighted by molar-refractivity contribution is 4.88. The van der Waals surface area contributed by atoms with Crippen molar-refractivity contribution >= 4 is 0 Å². The van der Waals surface area contributed by atoms with Gasteiger partial charge in [-0.15, -0.1) is 0 Å². The van der Waals surface area contributed by atoms with Crippen molar-refractivity contribution in [3.63, 3.8) is 0 Å². The number of piperazine rings is 1. The van der Waals surface area contributed by atoms with E-state index in [0.717, 1.165) is 50.6 Å². The van der Waals surface area contributed by atoms with Crippen molar-refractivity contribution in [2.45, 2.75) is 52.6 Å². The van der Waals surface area contributed by atoms with Crippen LogP contribution in [0.2, 0.25) is 0 Å². The van der Waals surface area contributed by atoms with Crippen LogP contribution >= 0.6 is 0 Å². The van der Waals surface area contributed by atoms with Crippen molar-refractivity contribution in [2.24, 2.45) is 11.8 Å². The average Bonchev–Trinajstić information content (AvgIpc) is 2.58. The minimum absolute atomic E-state index is 0.680. The first-order valence-electron chi connectivity index (χ1n) is 11.0. The van der Waals surface area contributed by atoms with Gasteiger partial charge in [0.2, 0.25) is 0 Å². The van der Waals surface area contributed by atoms with E-state index in [1.54, 1.807) is 0 Å². The van der Waals surface area contributed by atoms with Crippen LogP contribution in [0, 0.1) is 11.8 Å². The van der Waals surface area contributed by atoms with Gasteiger partial charge in [0, 0.05) is 77.5 Å². The molecule has 2 N–H and O–H groups in total. The molecule has 0 aliphatic carbocycles. The van der Waals surface area contributed by atoms with Gasteiger partial charge in [-0.05, 0) is 31.7 Å². The molecule has 0 amide bonds. The van der Waals surface area contributed by atoms with Gasteiger partial charge in [0.25, 0.3) is 0 Å². The molecule has 2 bridgehead atoms. The molecule has 3 fully saturated rings. The first kappa shape index (κ1) is 22.1. The summed E-state index contributed by atoms with van der Waals surface area (Å²) in [6.45, 7) is 21.1. The molecule has 5 nitrogen and oxygen atoms in total. The van der Waals surface area contributed by atoms with Crippen molar-refractivity contribution in [2.75, 3.05) is 72.5 Å². The molecule has 0 aromatic heterocycles. The molecule has 2 unspecified atom stereocenters. The van der Waals surface area contributed by atoms with Gasteiger partial charge in [0.1, 0.15) is 0 Å². The van der Waals surface area contributed by atoms with Crippen LogP contribution in [-0.2, 0) is 0 Å². The van der Waals surface area contributed by atoms with Gasteiger partial charge in [0.05, 0.1) is 0 Å². The van der Waals surface area contributed by atoms with E-state index in [1.165, 1.54) is 45.6 Å². The van der Waals surface area contributed by atoms with E-state index in [9.17, 15) is 0 Å². The van der Waals surface area contributed by atoms with Gasteiger partial charge >= 0.3 is 0 Å². The van der Waals surface area contributed by atoms with E-state index in [2.05, 4.69) is 60.1 Å². The molecule has 0 aromatic rings. The van der Waals surface area contributed by atoms with Crippen molar-refractivity contribution in [3.05, 3.63) is 0 Å². The average molecular weight is 368 g/mol. The minimum Gasteiger partial charge on any atom is -0.314 e. The number of nitrogens with one attached hydrogen (secondary N) is 2. The minimum atomic E-state index is 0.680. The Hall–Kier alpha value is -0.200. The lowest BCUT2D eigenvalue weighted by Gasteiger charge is -2.46. The normalized spacial score (nSPS) is 33.3. The Kier molecular flexibility index (Phi) is 9.86. The van der Waals surface area contributed by atoms with Crippen molar-refractivity contribution in [1.29, 1.82) is 0 Å². The van der Waals surface area contributed by atoms with E-state index in [-0.39, 0.29) is 0 Å². The second-order valence-corrected chi connectivity index (χ2v) is 9.36. The molecule has 0 aromatic carbocycles. The molecular weight excluding hydrogens is 322 g/mol. The summed E-state index contributed by atoms with van der Waals surface area (Å²) in [6, 6.07) is 1.40. The monoisotopic (exact) mass is 367 g/mol. The Morgan fingerprint density at radius 1 is 0.731 bits per heavy atom. The van der Waals surface area contributed by atoms with Crippen molar-refractivity contribution in [3.8, 4) is 0 Å². The lowest BCUT2D eigenvalue weighted by Crippen LogP contribution is -2.58. The Morgan fingerprint density at radius 2 is 1.35 bits per heavy atom. The molecule has 0 spiro atoms. The van der Waals surface area contributed by atoms with E-state index >= 15 is 0 Å². The zero-order valence-corrected chi connectivity index (χ0v) is 18.1. The maximum atomic E-state index is 3.73. The third-order valence-electron chi connectivity index (χ3n) is 5.94. The number of likely N-dealkylation sites (N-methyl/N-ethyl adjacent to an activating group) is 1. The molecule has 0 saturated carbocycles. The summed E-state index contributed by atoms with van der Waals surface area (Å²) < 4.78 is 0. The van der Waals surface area contributed by atoms with Gasteiger partial charge in [0.15, 0.2) is 0 Å². The fourth-order valence-corrected chi connectivity index (χ4v) is 4.47. The maximum Gasteiger partial charge on any atom is 0.0226 e. The number of hydrogen-bond acceptors (Lipinski definition) is 5. The van der Waals surface area contributed by atoms with E-state index in [4.69, 9.17) is 0 Å². The molecular formula is C21H45N5. The number of fused-ring (bicyclic) bond motifs is 12. The molecule has 3 aliphatic rings. The Bertz CT molecular complexity index is 373. The van der Waals surface area contributed by atoms with Crippen LogP contribution in [0.25, 0.3) is 0 Å². The first-order valence-corrected chi connectivity index (χ1v) is 11.0. The van der Waals surface area contributed by atoms with E-state index < -0.39 is 0 Å². The second kappa shape index (κ2) is 11.6. The molecule has 4 atom stereocenters. The SMILES string of the molecule is CC(C)C[C@H]1CNCCNCCN(C)CCN2CCN1C[C@@H]2CC(C)C. The second-order valence-electron chi connectivity index (χ2n) is 9.36. The van der Waals surface area contributed by atoms with Gasteiger partial charge in [-0.3, -0.25) is 9.80 Å². The van der Waals surface area contributed by atoms with Crippen LogP contribution in [0.3, 0.4) is 0 Å². The number of nitrogens with zero attached hydrogens (tertiary/aromatic N) is 3. The summed E-state index contributed by atoms with van der Waals surface area (Å²) in [5.74, 6) is 1.53. The van der Waals surface area contributed by atoms with Crippen LogP contribution in [0.5, 0.6) is 0 Å². The topological polar surface area (TPSA) is 33.8 Å². The van der Waals surface area contributed by atoms with Gasteiger partial charge in [-0.25, -0.2) is 0 Å². The third-order valence-corrected chi connectivity index (χ3v) is 5.94. The molecule has 3 rings (SSSR count). The lowest BCUT2D eigenvalue weighted by molar-refractivity contribution is 0.0293. The molecule has 3 saturated heterocycles. The summed E-state index contributed by atoms with van der Waals surface area (Å²) in [6.07, 6.45) is 2.63. The molecule has 26 heavy (non-hydrogen) atoms. The number of hydrogen-bond donors (Lipinski definition) is 2. The number of rotatable bonds is 4. The van der Waals surface area contributed by atoms with E-state index in [1.807, 2.05) is 0 Å². The highest BCUT2D eigenvalue weighted by Crippen LogP contribution is 2.21. The predicted molar refractivity (Wildman–Crippen MR) is 113 cm³/mol. The van der Waals surface area contributed by atoms with Gasteiger partial charge < -0.3 is 15.5 Å². The van der Waals surface area contributed by atoms with Gasteiger partial charge in [-0.1, -0.05) is 27.7 Å². The zero-order chi connectivity index (χ0) is 18.9. The molecule has 5 heteroatoms. The first-order chi connectivity index (χ1) is 12.5. The molecule has 3 aliphatic heterocycles. The lowest BCUT2D eigenvalue weighted by atomic mass is 9.96. The summed E-state index contributed by atoms with van der Waals surface area (Å²) in [5, 5.41) is 7.31. The van der Waals surface area contributed by atoms with Crippen LogP contribution in [0.4, 0.5) is 0 Å². The summed E-state index contributed by atoms with van der Waals surface area (Å²) in [5.41, 5.74) is 0.